The van der Waals surface area contributed by atoms with Crippen LogP contribution in [-0.2, 0) is 0 Å². The molecule has 0 spiro atoms. The minimum Gasteiger partial charge on any atom is -0.377 e. The molecule has 1 unspecified atom stereocenters. The lowest BCUT2D eigenvalue weighted by Gasteiger charge is -2.23. The number of rotatable bonds is 5. The SMILES string of the molecule is CCC[N+]1(CC)C=C(NC2CCCC2)C=N1. The van der Waals surface area contributed by atoms with Crippen LogP contribution < -0.4 is 5.32 Å². The number of hydrogen-bond acceptors (Lipinski definition) is 2. The third-order valence-electron chi connectivity index (χ3n) is 3.69. The van der Waals surface area contributed by atoms with Gasteiger partial charge in [0.25, 0.3) is 0 Å². The van der Waals surface area contributed by atoms with E-state index in [-0.39, 0.29) is 0 Å². The van der Waals surface area contributed by atoms with Gasteiger partial charge in [-0.2, -0.15) is 4.59 Å². The monoisotopic (exact) mass is 222 g/mol. The number of nitrogens with one attached hydrogen (secondary N) is 1. The van der Waals surface area contributed by atoms with Crippen LogP contribution in [0.5, 0.6) is 0 Å². The van der Waals surface area contributed by atoms with Gasteiger partial charge in [-0.25, -0.2) is 0 Å². The van der Waals surface area contributed by atoms with Gasteiger partial charge in [-0.15, -0.1) is 0 Å². The van der Waals surface area contributed by atoms with Gasteiger partial charge in [-0.3, -0.25) is 0 Å². The average molecular weight is 222 g/mol. The molecule has 1 heterocycles. The van der Waals surface area contributed by atoms with Crippen molar-refractivity contribution in [1.29, 1.82) is 0 Å². The van der Waals surface area contributed by atoms with Crippen LogP contribution >= 0.6 is 0 Å². The maximum absolute atomic E-state index is 4.66. The second-order valence-corrected chi connectivity index (χ2v) is 4.98. The molecule has 0 bridgehead atoms. The molecule has 90 valence electrons. The van der Waals surface area contributed by atoms with Crippen LogP contribution in [0.15, 0.2) is 17.0 Å². The van der Waals surface area contributed by atoms with Gasteiger partial charge >= 0.3 is 0 Å². The Bertz CT molecular complexity index is 290. The van der Waals surface area contributed by atoms with E-state index in [1.807, 2.05) is 6.21 Å². The summed E-state index contributed by atoms with van der Waals surface area (Å²) in [6, 6.07) is 0.691. The molecular weight excluding hydrogens is 198 g/mol. The highest BCUT2D eigenvalue weighted by molar-refractivity contribution is 5.78. The molecule has 0 aromatic rings. The van der Waals surface area contributed by atoms with E-state index in [9.17, 15) is 0 Å². The van der Waals surface area contributed by atoms with Gasteiger partial charge < -0.3 is 5.32 Å². The van der Waals surface area contributed by atoms with Gasteiger partial charge in [0.15, 0.2) is 0 Å². The lowest BCUT2D eigenvalue weighted by molar-refractivity contribution is -0.882. The highest BCUT2D eigenvalue weighted by atomic mass is 15.6. The molecule has 1 atom stereocenters. The molecule has 0 amide bonds. The topological polar surface area (TPSA) is 24.4 Å². The first-order valence-electron chi connectivity index (χ1n) is 6.70. The summed E-state index contributed by atoms with van der Waals surface area (Å²) in [5.74, 6) is 0. The predicted octanol–water partition coefficient (Wildman–Crippen LogP) is 2.61. The maximum atomic E-state index is 4.66. The molecule has 0 aromatic carbocycles. The fourth-order valence-corrected chi connectivity index (χ4v) is 2.72. The Morgan fingerprint density at radius 3 is 2.75 bits per heavy atom. The maximum Gasteiger partial charge on any atom is 0.148 e. The van der Waals surface area contributed by atoms with E-state index in [1.165, 1.54) is 37.8 Å². The quantitative estimate of drug-likeness (QED) is 0.710. The Morgan fingerprint density at radius 2 is 2.12 bits per heavy atom. The first kappa shape index (κ1) is 11.6. The number of nitrogens with zero attached hydrogens (tertiary/aromatic N) is 2. The van der Waals surface area contributed by atoms with Crippen molar-refractivity contribution in [1.82, 2.24) is 5.32 Å². The highest BCUT2D eigenvalue weighted by Crippen LogP contribution is 2.22. The Balaban J connectivity index is 1.96. The molecule has 1 N–H and O–H groups in total. The van der Waals surface area contributed by atoms with Crippen molar-refractivity contribution < 1.29 is 4.59 Å². The Hall–Kier alpha value is -0.830. The summed E-state index contributed by atoms with van der Waals surface area (Å²) in [5, 5.41) is 8.28. The smallest absolute Gasteiger partial charge is 0.148 e. The molecule has 1 fully saturated rings. The van der Waals surface area contributed by atoms with Crippen molar-refractivity contribution in [2.24, 2.45) is 5.10 Å². The van der Waals surface area contributed by atoms with Gasteiger partial charge in [-0.05, 0) is 26.2 Å². The molecule has 0 radical (unpaired) electrons. The Morgan fingerprint density at radius 1 is 1.38 bits per heavy atom. The van der Waals surface area contributed by atoms with Crippen LogP contribution in [-0.4, -0.2) is 29.9 Å². The molecule has 0 saturated heterocycles. The Kier molecular flexibility index (Phi) is 3.64. The summed E-state index contributed by atoms with van der Waals surface area (Å²) >= 11 is 0. The molecule has 2 rings (SSSR count). The van der Waals surface area contributed by atoms with Crippen LogP contribution in [0, 0.1) is 0 Å². The molecule has 2 aliphatic rings. The number of quaternary nitrogens is 1. The van der Waals surface area contributed by atoms with Crippen molar-refractivity contribution >= 4 is 6.21 Å². The van der Waals surface area contributed by atoms with E-state index in [0.29, 0.717) is 6.04 Å². The Labute approximate surface area is 98.8 Å². The summed E-state index contributed by atoms with van der Waals surface area (Å²) in [4.78, 5) is 0. The fourth-order valence-electron chi connectivity index (χ4n) is 2.72. The zero-order valence-electron chi connectivity index (χ0n) is 10.6. The summed E-state index contributed by atoms with van der Waals surface area (Å²) in [6.45, 7) is 6.60. The zero-order valence-corrected chi connectivity index (χ0v) is 10.6. The fraction of sp³-hybridized carbons (Fsp3) is 0.769. The van der Waals surface area contributed by atoms with E-state index in [0.717, 1.165) is 17.7 Å². The summed E-state index contributed by atoms with van der Waals surface area (Å²) in [7, 11) is 0. The third kappa shape index (κ3) is 2.46. The number of hydrogen-bond donors (Lipinski definition) is 1. The van der Waals surface area contributed by atoms with Crippen LogP contribution in [0.25, 0.3) is 0 Å². The van der Waals surface area contributed by atoms with Gasteiger partial charge in [0.1, 0.15) is 31.2 Å². The van der Waals surface area contributed by atoms with Crippen LogP contribution in [0.4, 0.5) is 0 Å². The van der Waals surface area contributed by atoms with Crippen LogP contribution in [0.1, 0.15) is 46.0 Å². The molecule has 0 aromatic heterocycles. The molecular formula is C13H24N3+. The standard InChI is InChI=1S/C13H24N3/c1-3-9-16(4-2)11-13(10-14-16)15-12-7-5-6-8-12/h10-12,15H,3-9H2,1-2H3/q+1. The number of allylic oxidation sites excluding steroid dienone is 1. The third-order valence-corrected chi connectivity index (χ3v) is 3.69. The highest BCUT2D eigenvalue weighted by Gasteiger charge is 2.28. The summed E-state index contributed by atoms with van der Waals surface area (Å²) < 4.78 is 0.783. The minimum atomic E-state index is 0.691. The first-order valence-corrected chi connectivity index (χ1v) is 6.70. The first-order chi connectivity index (χ1) is 7.78. The van der Waals surface area contributed by atoms with Crippen molar-refractivity contribution in [3.63, 3.8) is 0 Å². The van der Waals surface area contributed by atoms with E-state index in [2.05, 4.69) is 30.5 Å². The average Bonchev–Trinajstić information content (AvgIpc) is 2.90. The summed E-state index contributed by atoms with van der Waals surface area (Å²) in [5.41, 5.74) is 1.24. The molecule has 3 nitrogen and oxygen atoms in total. The van der Waals surface area contributed by atoms with E-state index < -0.39 is 0 Å². The van der Waals surface area contributed by atoms with E-state index in [4.69, 9.17) is 0 Å². The van der Waals surface area contributed by atoms with Gasteiger partial charge in [0.05, 0.1) is 0 Å². The van der Waals surface area contributed by atoms with Crippen molar-refractivity contribution in [3.8, 4) is 0 Å². The largest absolute Gasteiger partial charge is 0.377 e. The summed E-state index contributed by atoms with van der Waals surface area (Å²) in [6.07, 6.45) is 10.9. The van der Waals surface area contributed by atoms with Crippen molar-refractivity contribution in [3.05, 3.63) is 11.9 Å². The zero-order chi connectivity index (χ0) is 11.4. The van der Waals surface area contributed by atoms with Gasteiger partial charge in [-0.1, -0.05) is 24.9 Å². The molecule has 16 heavy (non-hydrogen) atoms. The molecule has 1 saturated carbocycles. The van der Waals surface area contributed by atoms with Gasteiger partial charge in [0, 0.05) is 6.04 Å². The van der Waals surface area contributed by atoms with E-state index >= 15 is 0 Å². The second kappa shape index (κ2) is 5.00. The van der Waals surface area contributed by atoms with Crippen LogP contribution in [0.3, 0.4) is 0 Å². The lowest BCUT2D eigenvalue weighted by Crippen LogP contribution is -2.36. The molecule has 1 aliphatic heterocycles. The minimum absolute atomic E-state index is 0.691. The molecule has 1 aliphatic carbocycles. The van der Waals surface area contributed by atoms with Crippen LogP contribution in [0.2, 0.25) is 0 Å². The van der Waals surface area contributed by atoms with Gasteiger partial charge in [0.2, 0.25) is 0 Å². The predicted molar refractivity (Wildman–Crippen MR) is 67.9 cm³/mol. The lowest BCUT2D eigenvalue weighted by atomic mass is 10.2. The van der Waals surface area contributed by atoms with E-state index in [1.54, 1.807) is 0 Å². The second-order valence-electron chi connectivity index (χ2n) is 4.98. The van der Waals surface area contributed by atoms with Crippen molar-refractivity contribution in [2.75, 3.05) is 13.1 Å². The van der Waals surface area contributed by atoms with Crippen molar-refractivity contribution in [2.45, 2.75) is 52.0 Å². The normalized spacial score (nSPS) is 29.8. The molecule has 3 heteroatoms.